The number of amides is 1. The molecule has 1 aromatic heterocycles. The normalized spacial score (nSPS) is 17.1. The van der Waals surface area contributed by atoms with Gasteiger partial charge in [-0.1, -0.05) is 34.1 Å². The van der Waals surface area contributed by atoms with Crippen LogP contribution in [0.3, 0.4) is 0 Å². The van der Waals surface area contributed by atoms with Gasteiger partial charge < -0.3 is 9.32 Å². The molecule has 4 rings (SSSR count). The van der Waals surface area contributed by atoms with E-state index in [9.17, 15) is 4.79 Å². The van der Waals surface area contributed by atoms with Crippen molar-refractivity contribution in [3.05, 3.63) is 63.8 Å². The van der Waals surface area contributed by atoms with Crippen LogP contribution < -0.4 is 4.90 Å². The lowest BCUT2D eigenvalue weighted by molar-refractivity contribution is -0.119. The van der Waals surface area contributed by atoms with Gasteiger partial charge >= 0.3 is 0 Å². The molecule has 0 unspecified atom stereocenters. The molecule has 23 heavy (non-hydrogen) atoms. The lowest BCUT2D eigenvalue weighted by Crippen LogP contribution is -2.24. The molecule has 0 N–H and O–H groups in total. The number of carbonyl (C=O) groups is 1. The summed E-state index contributed by atoms with van der Waals surface area (Å²) >= 11 is 3.51. The molecule has 1 aliphatic rings. The van der Waals surface area contributed by atoms with E-state index in [1.165, 1.54) is 0 Å². The zero-order chi connectivity index (χ0) is 16.1. The number of rotatable bonds is 2. The highest BCUT2D eigenvalue weighted by molar-refractivity contribution is 9.10. The number of benzene rings is 2. The van der Waals surface area contributed by atoms with Gasteiger partial charge in [-0.05, 0) is 42.3 Å². The first-order valence-electron chi connectivity index (χ1n) is 7.60. The Balaban J connectivity index is 1.78. The van der Waals surface area contributed by atoms with Gasteiger partial charge in [-0.25, -0.2) is 0 Å². The van der Waals surface area contributed by atoms with Gasteiger partial charge in [0.25, 0.3) is 0 Å². The van der Waals surface area contributed by atoms with Gasteiger partial charge in [0, 0.05) is 29.0 Å². The molecule has 0 saturated heterocycles. The van der Waals surface area contributed by atoms with Crippen LogP contribution in [0, 0.1) is 6.92 Å². The number of aryl methyl sites for hydroxylation is 1. The average Bonchev–Trinajstić information content (AvgIpc) is 2.98. The van der Waals surface area contributed by atoms with Crippen LogP contribution in [-0.2, 0) is 11.2 Å². The first-order valence-corrected chi connectivity index (χ1v) is 8.39. The number of hydrogen-bond donors (Lipinski definition) is 0. The average molecular weight is 370 g/mol. The van der Waals surface area contributed by atoms with Crippen molar-refractivity contribution in [3.8, 4) is 0 Å². The van der Waals surface area contributed by atoms with E-state index >= 15 is 0 Å². The summed E-state index contributed by atoms with van der Waals surface area (Å²) in [5, 5.41) is 1.12. The molecule has 0 bridgehead atoms. The van der Waals surface area contributed by atoms with E-state index in [0.717, 1.165) is 38.0 Å². The molecule has 2 aromatic carbocycles. The number of halogens is 1. The maximum Gasteiger partial charge on any atom is 0.234 e. The van der Waals surface area contributed by atoms with Gasteiger partial charge in [0.1, 0.15) is 11.3 Å². The maximum atomic E-state index is 12.7. The van der Waals surface area contributed by atoms with Gasteiger partial charge in [0.2, 0.25) is 5.91 Å². The zero-order valence-electron chi connectivity index (χ0n) is 13.0. The molecule has 4 heteroatoms. The maximum absolute atomic E-state index is 12.7. The predicted molar refractivity (Wildman–Crippen MR) is 94.9 cm³/mol. The minimum absolute atomic E-state index is 0.123. The van der Waals surface area contributed by atoms with E-state index in [-0.39, 0.29) is 11.8 Å². The van der Waals surface area contributed by atoms with Crippen LogP contribution in [0.25, 0.3) is 11.0 Å². The quantitative estimate of drug-likeness (QED) is 0.649. The number of likely N-dealkylation sites (N-methyl/N-ethyl adjacent to an activating group) is 1. The van der Waals surface area contributed by atoms with Crippen LogP contribution >= 0.6 is 15.9 Å². The van der Waals surface area contributed by atoms with Gasteiger partial charge in [-0.15, -0.1) is 0 Å². The Bertz CT molecular complexity index is 928. The monoisotopic (exact) mass is 369 g/mol. The summed E-state index contributed by atoms with van der Waals surface area (Å²) in [7, 11) is 1.83. The van der Waals surface area contributed by atoms with Crippen LogP contribution in [-0.4, -0.2) is 13.0 Å². The molecule has 1 atom stereocenters. The Hall–Kier alpha value is -2.07. The van der Waals surface area contributed by atoms with Crippen LogP contribution in [0.5, 0.6) is 0 Å². The fourth-order valence-corrected chi connectivity index (χ4v) is 3.78. The van der Waals surface area contributed by atoms with Gasteiger partial charge in [0.05, 0.1) is 5.92 Å². The SMILES string of the molecule is Cc1c(C[C@H]2C(=O)N(C)c3ccc(Br)cc32)oc2ccccc12. The molecule has 1 amide bonds. The van der Waals surface area contributed by atoms with Crippen LogP contribution in [0.1, 0.15) is 22.8 Å². The largest absolute Gasteiger partial charge is 0.461 e. The summed E-state index contributed by atoms with van der Waals surface area (Å²) in [5.74, 6) is 0.829. The van der Waals surface area contributed by atoms with E-state index in [1.54, 1.807) is 4.90 Å². The molecular formula is C19H16BrNO2. The minimum Gasteiger partial charge on any atom is -0.461 e. The van der Waals surface area contributed by atoms with Crippen molar-refractivity contribution >= 4 is 38.5 Å². The summed E-state index contributed by atoms with van der Waals surface area (Å²) in [6, 6.07) is 14.0. The molecule has 3 nitrogen and oxygen atoms in total. The van der Waals surface area contributed by atoms with E-state index in [0.29, 0.717) is 6.42 Å². The lowest BCUT2D eigenvalue weighted by Gasteiger charge is -2.10. The smallest absolute Gasteiger partial charge is 0.234 e. The Morgan fingerprint density at radius 3 is 2.78 bits per heavy atom. The van der Waals surface area contributed by atoms with E-state index < -0.39 is 0 Å². The number of hydrogen-bond acceptors (Lipinski definition) is 2. The zero-order valence-corrected chi connectivity index (χ0v) is 14.6. The first kappa shape index (κ1) is 14.5. The van der Waals surface area contributed by atoms with Crippen LogP contribution in [0.2, 0.25) is 0 Å². The van der Waals surface area contributed by atoms with Crippen molar-refractivity contribution in [3.63, 3.8) is 0 Å². The predicted octanol–water partition coefficient (Wildman–Crippen LogP) is 4.81. The van der Waals surface area contributed by atoms with Crippen molar-refractivity contribution < 1.29 is 9.21 Å². The van der Waals surface area contributed by atoms with Crippen LogP contribution in [0.15, 0.2) is 51.4 Å². The number of anilines is 1. The van der Waals surface area contributed by atoms with Crippen molar-refractivity contribution in [2.75, 3.05) is 11.9 Å². The number of fused-ring (bicyclic) bond motifs is 2. The Kier molecular flexibility index (Phi) is 3.31. The third-order valence-corrected chi connectivity index (χ3v) is 5.18. The van der Waals surface area contributed by atoms with E-state index in [4.69, 9.17) is 4.42 Å². The highest BCUT2D eigenvalue weighted by Gasteiger charge is 2.36. The third kappa shape index (κ3) is 2.20. The molecular weight excluding hydrogens is 354 g/mol. The summed E-state index contributed by atoms with van der Waals surface area (Å²) < 4.78 is 7.00. The minimum atomic E-state index is -0.188. The van der Waals surface area contributed by atoms with Gasteiger partial charge in [-0.3, -0.25) is 4.79 Å². The van der Waals surface area contributed by atoms with Crippen molar-refractivity contribution in [1.29, 1.82) is 0 Å². The number of para-hydroxylation sites is 1. The van der Waals surface area contributed by atoms with Crippen molar-refractivity contribution in [2.24, 2.45) is 0 Å². The molecule has 0 aliphatic carbocycles. The molecule has 3 aromatic rings. The number of carbonyl (C=O) groups excluding carboxylic acids is 1. The number of furan rings is 1. The van der Waals surface area contributed by atoms with Gasteiger partial charge in [0.15, 0.2) is 0 Å². The number of nitrogens with zero attached hydrogens (tertiary/aromatic N) is 1. The Morgan fingerprint density at radius 1 is 1.22 bits per heavy atom. The fourth-order valence-electron chi connectivity index (χ4n) is 3.40. The summed E-state index contributed by atoms with van der Waals surface area (Å²) in [6.07, 6.45) is 0.590. The lowest BCUT2D eigenvalue weighted by atomic mass is 9.94. The van der Waals surface area contributed by atoms with Crippen molar-refractivity contribution in [1.82, 2.24) is 0 Å². The highest BCUT2D eigenvalue weighted by atomic mass is 79.9. The fraction of sp³-hybridized carbons (Fsp3) is 0.211. The second-order valence-electron chi connectivity index (χ2n) is 6.00. The second-order valence-corrected chi connectivity index (χ2v) is 6.92. The Morgan fingerprint density at radius 2 is 2.00 bits per heavy atom. The standard InChI is InChI=1S/C19H16BrNO2/c1-11-13-5-3-4-6-17(13)23-18(11)10-15-14-9-12(20)7-8-16(14)21(2)19(15)22/h3-9,15H,10H2,1-2H3/t15-/m1/s1. The summed E-state index contributed by atoms with van der Waals surface area (Å²) in [6.45, 7) is 2.06. The summed E-state index contributed by atoms with van der Waals surface area (Å²) in [4.78, 5) is 14.4. The molecule has 2 heterocycles. The molecule has 0 radical (unpaired) electrons. The first-order chi connectivity index (χ1) is 11.1. The van der Waals surface area contributed by atoms with Crippen LogP contribution in [0.4, 0.5) is 5.69 Å². The molecule has 1 aliphatic heterocycles. The molecule has 0 saturated carbocycles. The Labute approximate surface area is 143 Å². The van der Waals surface area contributed by atoms with E-state index in [2.05, 4.69) is 28.9 Å². The second kappa shape index (κ2) is 5.24. The topological polar surface area (TPSA) is 33.5 Å². The van der Waals surface area contributed by atoms with E-state index in [1.807, 2.05) is 43.4 Å². The van der Waals surface area contributed by atoms with Crippen molar-refractivity contribution in [2.45, 2.75) is 19.3 Å². The molecule has 0 fully saturated rings. The molecule has 116 valence electrons. The van der Waals surface area contributed by atoms with Gasteiger partial charge in [-0.2, -0.15) is 0 Å². The summed E-state index contributed by atoms with van der Waals surface area (Å²) in [5.41, 5.74) is 4.05. The molecule has 0 spiro atoms. The highest BCUT2D eigenvalue weighted by Crippen LogP contribution is 2.41. The third-order valence-electron chi connectivity index (χ3n) is 4.69.